The molecule has 1 heterocycles. The van der Waals surface area contributed by atoms with Crippen molar-refractivity contribution in [3.8, 4) is 0 Å². The van der Waals surface area contributed by atoms with E-state index in [1.165, 1.54) is 0 Å². The second-order valence-electron chi connectivity index (χ2n) is 5.67. The van der Waals surface area contributed by atoms with E-state index in [0.29, 0.717) is 19.4 Å². The Labute approximate surface area is 105 Å². The third kappa shape index (κ3) is 4.84. The van der Waals surface area contributed by atoms with Crippen molar-refractivity contribution in [3.63, 3.8) is 0 Å². The van der Waals surface area contributed by atoms with Crippen LogP contribution in [0.5, 0.6) is 0 Å². The number of esters is 1. The number of rotatable bonds is 2. The fourth-order valence-electron chi connectivity index (χ4n) is 2.16. The first-order valence-corrected chi connectivity index (χ1v) is 6.11. The molecule has 0 radical (unpaired) electrons. The third-order valence-corrected chi connectivity index (χ3v) is 2.79. The predicted octanol–water partition coefficient (Wildman–Crippen LogP) is 2.65. The van der Waals surface area contributed by atoms with Gasteiger partial charge >= 0.3 is 12.1 Å². The molecule has 0 unspecified atom stereocenters. The largest absolute Gasteiger partial charge is 0.460 e. The Hall–Kier alpha value is -0.780. The molecule has 0 aromatic rings. The van der Waals surface area contributed by atoms with E-state index in [9.17, 15) is 18.0 Å². The lowest BCUT2D eigenvalue weighted by atomic mass is 9.87. The van der Waals surface area contributed by atoms with Gasteiger partial charge in [0.15, 0.2) is 0 Å². The molecule has 0 spiro atoms. The van der Waals surface area contributed by atoms with Crippen LogP contribution in [0.2, 0.25) is 0 Å². The molecule has 0 saturated carbocycles. The van der Waals surface area contributed by atoms with Gasteiger partial charge in [-0.2, -0.15) is 13.2 Å². The van der Waals surface area contributed by atoms with E-state index in [-0.39, 0.29) is 6.42 Å². The second-order valence-corrected chi connectivity index (χ2v) is 5.67. The molecule has 1 rings (SSSR count). The predicted molar refractivity (Wildman–Crippen MR) is 61.0 cm³/mol. The maximum atomic E-state index is 12.8. The Kier molecular flexibility index (Phi) is 4.64. The van der Waals surface area contributed by atoms with E-state index in [1.54, 1.807) is 20.8 Å². The van der Waals surface area contributed by atoms with Gasteiger partial charge in [-0.15, -0.1) is 0 Å². The van der Waals surface area contributed by atoms with Crippen molar-refractivity contribution < 1.29 is 22.7 Å². The average Bonchev–Trinajstić information content (AvgIpc) is 2.13. The zero-order valence-corrected chi connectivity index (χ0v) is 10.9. The summed E-state index contributed by atoms with van der Waals surface area (Å²) in [5, 5.41) is 2.44. The number of hydrogen-bond donors (Lipinski definition) is 1. The van der Waals surface area contributed by atoms with Crippen molar-refractivity contribution >= 4 is 5.97 Å². The van der Waals surface area contributed by atoms with Crippen LogP contribution in [0.15, 0.2) is 0 Å². The van der Waals surface area contributed by atoms with Crippen LogP contribution in [0.4, 0.5) is 13.2 Å². The van der Waals surface area contributed by atoms with E-state index in [2.05, 4.69) is 5.32 Å². The lowest BCUT2D eigenvalue weighted by Crippen LogP contribution is -2.51. The first-order chi connectivity index (χ1) is 8.09. The number of alkyl halides is 3. The highest BCUT2D eigenvalue weighted by atomic mass is 19.4. The van der Waals surface area contributed by atoms with Crippen molar-refractivity contribution in [2.45, 2.75) is 57.9 Å². The van der Waals surface area contributed by atoms with Gasteiger partial charge in [-0.05, 0) is 46.1 Å². The van der Waals surface area contributed by atoms with E-state index >= 15 is 0 Å². The van der Waals surface area contributed by atoms with Crippen molar-refractivity contribution in [1.82, 2.24) is 5.32 Å². The molecule has 6 heteroatoms. The Morgan fingerprint density at radius 1 is 1.33 bits per heavy atom. The summed E-state index contributed by atoms with van der Waals surface area (Å²) in [6, 6.07) is -1.60. The van der Waals surface area contributed by atoms with Crippen LogP contribution >= 0.6 is 0 Å². The van der Waals surface area contributed by atoms with Crippen LogP contribution in [0, 0.1) is 5.92 Å². The second kappa shape index (κ2) is 5.47. The monoisotopic (exact) mass is 267 g/mol. The first kappa shape index (κ1) is 15.3. The maximum absolute atomic E-state index is 12.8. The minimum absolute atomic E-state index is 0.186. The van der Waals surface area contributed by atoms with E-state index in [0.717, 1.165) is 0 Å². The van der Waals surface area contributed by atoms with Gasteiger partial charge in [0.05, 0.1) is 6.42 Å². The molecule has 2 atom stereocenters. The number of nitrogens with one attached hydrogen (secondary N) is 1. The maximum Gasteiger partial charge on any atom is 0.404 e. The number of halogens is 3. The van der Waals surface area contributed by atoms with Gasteiger partial charge in [0.25, 0.3) is 0 Å². The number of carbonyl (C=O) groups is 1. The highest BCUT2D eigenvalue weighted by Crippen LogP contribution is 2.32. The van der Waals surface area contributed by atoms with Gasteiger partial charge in [-0.25, -0.2) is 0 Å². The molecular weight excluding hydrogens is 247 g/mol. The summed E-state index contributed by atoms with van der Waals surface area (Å²) in [6.07, 6.45) is -3.45. The van der Waals surface area contributed by atoms with Crippen LogP contribution in [0.25, 0.3) is 0 Å². The number of piperidine rings is 1. The molecular formula is C12H20F3NO2. The lowest BCUT2D eigenvalue weighted by molar-refractivity contribution is -0.178. The molecule has 0 aromatic heterocycles. The summed E-state index contributed by atoms with van der Waals surface area (Å²) < 4.78 is 43.4. The molecule has 0 aromatic carbocycles. The van der Waals surface area contributed by atoms with Crippen LogP contribution in [0.1, 0.15) is 40.0 Å². The topological polar surface area (TPSA) is 38.3 Å². The van der Waals surface area contributed by atoms with Crippen molar-refractivity contribution in [1.29, 1.82) is 0 Å². The molecule has 0 bridgehead atoms. The summed E-state index contributed by atoms with van der Waals surface area (Å²) >= 11 is 0. The smallest absolute Gasteiger partial charge is 0.404 e. The van der Waals surface area contributed by atoms with Gasteiger partial charge in [-0.1, -0.05) is 0 Å². The molecule has 1 N–H and O–H groups in total. The van der Waals surface area contributed by atoms with Crippen molar-refractivity contribution in [2.75, 3.05) is 6.54 Å². The zero-order chi connectivity index (χ0) is 14.0. The van der Waals surface area contributed by atoms with Gasteiger partial charge in [0, 0.05) is 0 Å². The quantitative estimate of drug-likeness (QED) is 0.782. The Morgan fingerprint density at radius 3 is 2.44 bits per heavy atom. The third-order valence-electron chi connectivity index (χ3n) is 2.79. The molecule has 3 nitrogen and oxygen atoms in total. The van der Waals surface area contributed by atoms with Crippen LogP contribution in [-0.4, -0.2) is 30.3 Å². The summed E-state index contributed by atoms with van der Waals surface area (Å²) in [4.78, 5) is 11.6. The minimum atomic E-state index is -4.31. The molecule has 1 aliphatic rings. The van der Waals surface area contributed by atoms with Crippen LogP contribution in [-0.2, 0) is 9.53 Å². The highest BCUT2D eigenvalue weighted by molar-refractivity contribution is 5.70. The SMILES string of the molecule is CC(C)(C)OC(=O)C[C@H]1CCCN[C@H]1C(F)(F)F. The minimum Gasteiger partial charge on any atom is -0.460 e. The lowest BCUT2D eigenvalue weighted by Gasteiger charge is -2.34. The normalized spacial score (nSPS) is 25.9. The number of hydrogen-bond acceptors (Lipinski definition) is 3. The van der Waals surface area contributed by atoms with Gasteiger partial charge < -0.3 is 10.1 Å². The molecule has 1 fully saturated rings. The molecule has 106 valence electrons. The van der Waals surface area contributed by atoms with E-state index < -0.39 is 29.7 Å². The summed E-state index contributed by atoms with van der Waals surface area (Å²) in [7, 11) is 0. The Balaban J connectivity index is 2.60. The Bertz CT molecular complexity index is 297. The van der Waals surface area contributed by atoms with Crippen molar-refractivity contribution in [3.05, 3.63) is 0 Å². The molecule has 0 amide bonds. The average molecular weight is 267 g/mol. The summed E-state index contributed by atoms with van der Waals surface area (Å²) in [5.74, 6) is -1.29. The van der Waals surface area contributed by atoms with Crippen LogP contribution < -0.4 is 5.32 Å². The molecule has 1 aliphatic heterocycles. The molecule has 18 heavy (non-hydrogen) atoms. The van der Waals surface area contributed by atoms with Crippen LogP contribution in [0.3, 0.4) is 0 Å². The summed E-state index contributed by atoms with van der Waals surface area (Å²) in [6.45, 7) is 5.44. The van der Waals surface area contributed by atoms with Gasteiger partial charge in [-0.3, -0.25) is 4.79 Å². The highest BCUT2D eigenvalue weighted by Gasteiger charge is 2.46. The standard InChI is InChI=1S/C12H20F3NO2/c1-11(2,3)18-9(17)7-8-5-4-6-16-10(8)12(13,14)15/h8,10,16H,4-7H2,1-3H3/t8-,10-/m1/s1. The van der Waals surface area contributed by atoms with Crippen molar-refractivity contribution in [2.24, 2.45) is 5.92 Å². The van der Waals surface area contributed by atoms with E-state index in [1.807, 2.05) is 0 Å². The zero-order valence-electron chi connectivity index (χ0n) is 10.9. The first-order valence-electron chi connectivity index (χ1n) is 6.11. The number of carbonyl (C=O) groups excluding carboxylic acids is 1. The van der Waals surface area contributed by atoms with Gasteiger partial charge in [0.2, 0.25) is 0 Å². The summed E-state index contributed by atoms with van der Waals surface area (Å²) in [5.41, 5.74) is -0.660. The Morgan fingerprint density at radius 2 is 1.94 bits per heavy atom. The molecule has 1 saturated heterocycles. The van der Waals surface area contributed by atoms with E-state index in [4.69, 9.17) is 4.74 Å². The van der Waals surface area contributed by atoms with Gasteiger partial charge in [0.1, 0.15) is 11.6 Å². The molecule has 0 aliphatic carbocycles. The fraction of sp³-hybridized carbons (Fsp3) is 0.917. The fourth-order valence-corrected chi connectivity index (χ4v) is 2.16. The number of ether oxygens (including phenoxy) is 1.